The van der Waals surface area contributed by atoms with Gasteiger partial charge in [-0.1, -0.05) is 24.4 Å². The minimum Gasteiger partial charge on any atom is -0.361 e. The summed E-state index contributed by atoms with van der Waals surface area (Å²) in [4.78, 5) is 0. The molecule has 0 aliphatic heterocycles. The smallest absolute Gasteiger partial charge is 0.140 e. The molecular formula is C10H16N2O. The summed E-state index contributed by atoms with van der Waals surface area (Å²) in [5.41, 5.74) is 6.35. The first-order chi connectivity index (χ1) is 6.40. The van der Waals surface area contributed by atoms with Gasteiger partial charge in [0.15, 0.2) is 0 Å². The van der Waals surface area contributed by atoms with Crippen LogP contribution in [-0.2, 0) is 6.54 Å². The molecule has 0 spiro atoms. The van der Waals surface area contributed by atoms with Crippen molar-refractivity contribution in [3.8, 4) is 0 Å². The highest BCUT2D eigenvalue weighted by molar-refractivity contribution is 5.10. The molecule has 0 bridgehead atoms. The lowest BCUT2D eigenvalue weighted by Gasteiger charge is -2.18. The Labute approximate surface area is 78.3 Å². The molecule has 1 heterocycles. The molecular weight excluding hydrogens is 164 g/mol. The molecule has 13 heavy (non-hydrogen) atoms. The Morgan fingerprint density at radius 2 is 2.15 bits per heavy atom. The van der Waals surface area contributed by atoms with E-state index in [0.717, 1.165) is 11.5 Å². The average molecular weight is 180 g/mol. The summed E-state index contributed by atoms with van der Waals surface area (Å²) in [5.74, 6) is 1.64. The zero-order chi connectivity index (χ0) is 9.10. The van der Waals surface area contributed by atoms with E-state index in [9.17, 15) is 0 Å². The lowest BCUT2D eigenvalue weighted by Crippen LogP contribution is -2.03. The summed E-state index contributed by atoms with van der Waals surface area (Å²) >= 11 is 0. The fourth-order valence-electron chi connectivity index (χ4n) is 2.00. The maximum absolute atomic E-state index is 5.47. The van der Waals surface area contributed by atoms with Crippen LogP contribution >= 0.6 is 0 Å². The first-order valence-corrected chi connectivity index (χ1v) is 5.05. The van der Waals surface area contributed by atoms with Gasteiger partial charge in [0, 0.05) is 18.5 Å². The first-order valence-electron chi connectivity index (χ1n) is 5.05. The van der Waals surface area contributed by atoms with Crippen LogP contribution in [0, 0.1) is 0 Å². The van der Waals surface area contributed by atoms with Crippen LogP contribution in [0.15, 0.2) is 10.6 Å². The van der Waals surface area contributed by atoms with Gasteiger partial charge in [-0.05, 0) is 12.8 Å². The average Bonchev–Trinajstić information content (AvgIpc) is 2.67. The maximum atomic E-state index is 5.47. The van der Waals surface area contributed by atoms with Crippen LogP contribution in [0.4, 0.5) is 0 Å². The maximum Gasteiger partial charge on any atom is 0.140 e. The molecule has 1 aliphatic carbocycles. The summed E-state index contributed by atoms with van der Waals surface area (Å²) in [6.45, 7) is 0.482. The number of hydrogen-bond donors (Lipinski definition) is 1. The van der Waals surface area contributed by atoms with Gasteiger partial charge in [-0.25, -0.2) is 0 Å². The molecule has 1 aromatic heterocycles. The van der Waals surface area contributed by atoms with E-state index < -0.39 is 0 Å². The highest BCUT2D eigenvalue weighted by atomic mass is 16.5. The van der Waals surface area contributed by atoms with Gasteiger partial charge in [0.2, 0.25) is 0 Å². The Bertz CT molecular complexity index is 264. The van der Waals surface area contributed by atoms with Crippen molar-refractivity contribution in [1.29, 1.82) is 0 Å². The normalized spacial score (nSPS) is 19.2. The number of nitrogens with two attached hydrogens (primary N) is 1. The molecule has 0 unspecified atom stereocenters. The second-order valence-corrected chi connectivity index (χ2v) is 3.76. The number of hydrogen-bond acceptors (Lipinski definition) is 3. The molecule has 1 saturated carbocycles. The molecule has 1 aliphatic rings. The molecule has 0 amide bonds. The molecule has 3 nitrogen and oxygen atoms in total. The molecule has 0 atom stereocenters. The van der Waals surface area contributed by atoms with Gasteiger partial charge in [0.25, 0.3) is 0 Å². The van der Waals surface area contributed by atoms with Gasteiger partial charge in [-0.3, -0.25) is 0 Å². The topological polar surface area (TPSA) is 52.0 Å². The Balaban J connectivity index is 2.05. The summed E-state index contributed by atoms with van der Waals surface area (Å²) in [5, 5.41) is 3.91. The van der Waals surface area contributed by atoms with Crippen LogP contribution in [-0.4, -0.2) is 5.16 Å². The highest BCUT2D eigenvalue weighted by Crippen LogP contribution is 2.32. The van der Waals surface area contributed by atoms with E-state index in [2.05, 4.69) is 5.16 Å². The predicted molar refractivity (Wildman–Crippen MR) is 50.2 cm³/mol. The Kier molecular flexibility index (Phi) is 2.64. The second-order valence-electron chi connectivity index (χ2n) is 3.76. The van der Waals surface area contributed by atoms with Crippen LogP contribution in [0.2, 0.25) is 0 Å². The molecule has 3 heteroatoms. The van der Waals surface area contributed by atoms with Crippen LogP contribution in [0.1, 0.15) is 49.5 Å². The number of aromatic nitrogens is 1. The molecule has 2 N–H and O–H groups in total. The quantitative estimate of drug-likeness (QED) is 0.759. The SMILES string of the molecule is NCc1cc(C2CCCCC2)on1. The lowest BCUT2D eigenvalue weighted by atomic mass is 9.87. The molecule has 72 valence electrons. The van der Waals surface area contributed by atoms with E-state index in [-0.39, 0.29) is 0 Å². The second kappa shape index (κ2) is 3.92. The summed E-state index contributed by atoms with van der Waals surface area (Å²) in [7, 11) is 0. The van der Waals surface area contributed by atoms with Gasteiger partial charge in [0.05, 0.1) is 5.69 Å². The van der Waals surface area contributed by atoms with Gasteiger partial charge >= 0.3 is 0 Å². The molecule has 2 rings (SSSR count). The zero-order valence-electron chi connectivity index (χ0n) is 7.83. The molecule has 0 radical (unpaired) electrons. The lowest BCUT2D eigenvalue weighted by molar-refractivity contribution is 0.319. The van der Waals surface area contributed by atoms with Crippen molar-refractivity contribution < 1.29 is 4.52 Å². The Morgan fingerprint density at radius 3 is 2.77 bits per heavy atom. The van der Waals surface area contributed by atoms with Crippen LogP contribution in [0.5, 0.6) is 0 Å². The van der Waals surface area contributed by atoms with Gasteiger partial charge in [-0.2, -0.15) is 0 Å². The Morgan fingerprint density at radius 1 is 1.38 bits per heavy atom. The van der Waals surface area contributed by atoms with Crippen molar-refractivity contribution in [1.82, 2.24) is 5.16 Å². The third-order valence-electron chi connectivity index (χ3n) is 2.79. The zero-order valence-corrected chi connectivity index (χ0v) is 7.83. The van der Waals surface area contributed by atoms with E-state index in [4.69, 9.17) is 10.3 Å². The molecule has 1 fully saturated rings. The van der Waals surface area contributed by atoms with E-state index in [1.165, 1.54) is 32.1 Å². The van der Waals surface area contributed by atoms with Crippen molar-refractivity contribution in [2.45, 2.75) is 44.6 Å². The summed E-state index contributed by atoms with van der Waals surface area (Å²) in [6.07, 6.45) is 6.51. The molecule has 0 saturated heterocycles. The van der Waals surface area contributed by atoms with E-state index in [1.54, 1.807) is 0 Å². The minimum atomic E-state index is 0.482. The minimum absolute atomic E-state index is 0.482. The van der Waals surface area contributed by atoms with Crippen molar-refractivity contribution in [2.24, 2.45) is 5.73 Å². The Hall–Kier alpha value is -0.830. The van der Waals surface area contributed by atoms with Crippen molar-refractivity contribution >= 4 is 0 Å². The monoisotopic (exact) mass is 180 g/mol. The van der Waals surface area contributed by atoms with E-state index in [1.807, 2.05) is 6.07 Å². The van der Waals surface area contributed by atoms with Gasteiger partial charge in [0.1, 0.15) is 5.76 Å². The van der Waals surface area contributed by atoms with Crippen LogP contribution < -0.4 is 5.73 Å². The van der Waals surface area contributed by atoms with E-state index in [0.29, 0.717) is 12.5 Å². The van der Waals surface area contributed by atoms with Gasteiger partial charge < -0.3 is 10.3 Å². The first kappa shape index (κ1) is 8.75. The fraction of sp³-hybridized carbons (Fsp3) is 0.700. The van der Waals surface area contributed by atoms with E-state index >= 15 is 0 Å². The molecule has 1 aromatic rings. The van der Waals surface area contributed by atoms with Crippen molar-refractivity contribution in [2.75, 3.05) is 0 Å². The number of nitrogens with zero attached hydrogens (tertiary/aromatic N) is 1. The van der Waals surface area contributed by atoms with Crippen LogP contribution in [0.25, 0.3) is 0 Å². The molecule has 0 aromatic carbocycles. The third kappa shape index (κ3) is 1.91. The third-order valence-corrected chi connectivity index (χ3v) is 2.79. The number of rotatable bonds is 2. The standard InChI is InChI=1S/C10H16N2O/c11-7-9-6-10(13-12-9)8-4-2-1-3-5-8/h6,8H,1-5,7,11H2. The largest absolute Gasteiger partial charge is 0.361 e. The highest BCUT2D eigenvalue weighted by Gasteiger charge is 2.19. The van der Waals surface area contributed by atoms with Crippen molar-refractivity contribution in [3.05, 3.63) is 17.5 Å². The summed E-state index contributed by atoms with van der Waals surface area (Å²) < 4.78 is 5.26. The predicted octanol–water partition coefficient (Wildman–Crippen LogP) is 2.18. The summed E-state index contributed by atoms with van der Waals surface area (Å²) in [6, 6.07) is 2.01. The van der Waals surface area contributed by atoms with Crippen molar-refractivity contribution in [3.63, 3.8) is 0 Å². The van der Waals surface area contributed by atoms with Gasteiger partial charge in [-0.15, -0.1) is 0 Å². The van der Waals surface area contributed by atoms with Crippen LogP contribution in [0.3, 0.4) is 0 Å². The fourth-order valence-corrected chi connectivity index (χ4v) is 2.00.